The van der Waals surface area contributed by atoms with Crippen LogP contribution in [0.2, 0.25) is 0 Å². The van der Waals surface area contributed by atoms with Gasteiger partial charge in [-0.3, -0.25) is 4.79 Å². The van der Waals surface area contributed by atoms with Gasteiger partial charge in [-0.1, -0.05) is 23.8 Å². The van der Waals surface area contributed by atoms with Crippen molar-refractivity contribution in [3.8, 4) is 5.88 Å². The van der Waals surface area contributed by atoms with Crippen molar-refractivity contribution >= 4 is 5.97 Å². The molecule has 0 unspecified atom stereocenters. The molecule has 0 aromatic carbocycles. The van der Waals surface area contributed by atoms with Gasteiger partial charge in [0, 0.05) is 18.4 Å². The molecule has 4 nitrogen and oxygen atoms in total. The fraction of sp³-hybridized carbons (Fsp3) is 0.412. The van der Waals surface area contributed by atoms with E-state index in [2.05, 4.69) is 11.1 Å². The van der Waals surface area contributed by atoms with Gasteiger partial charge >= 0.3 is 5.97 Å². The molecule has 0 amide bonds. The molecule has 1 heterocycles. The average Bonchev–Trinajstić information content (AvgIpc) is 2.45. The Kier molecular flexibility index (Phi) is 3.12. The molecule has 1 aromatic heterocycles. The van der Waals surface area contributed by atoms with Crippen LogP contribution >= 0.6 is 0 Å². The van der Waals surface area contributed by atoms with Crippen LogP contribution in [0.4, 0.5) is 0 Å². The van der Waals surface area contributed by atoms with Gasteiger partial charge in [0.15, 0.2) is 0 Å². The Labute approximate surface area is 124 Å². The van der Waals surface area contributed by atoms with E-state index < -0.39 is 11.4 Å². The van der Waals surface area contributed by atoms with Crippen molar-refractivity contribution in [2.75, 3.05) is 7.11 Å². The summed E-state index contributed by atoms with van der Waals surface area (Å²) in [4.78, 5) is 16.7. The van der Waals surface area contributed by atoms with E-state index in [1.54, 1.807) is 13.2 Å². The molecule has 0 fully saturated rings. The Hall–Kier alpha value is -2.10. The van der Waals surface area contributed by atoms with Crippen LogP contribution in [-0.4, -0.2) is 23.2 Å². The summed E-state index contributed by atoms with van der Waals surface area (Å²) in [7, 11) is 1.58. The van der Waals surface area contributed by atoms with E-state index in [9.17, 15) is 9.90 Å². The minimum atomic E-state index is -0.967. The highest BCUT2D eigenvalue weighted by Crippen LogP contribution is 2.51. The number of allylic oxidation sites excluding steroid dienone is 3. The van der Waals surface area contributed by atoms with Crippen molar-refractivity contribution in [3.63, 3.8) is 0 Å². The fourth-order valence-electron chi connectivity index (χ4n) is 3.87. The number of nitrogens with zero attached hydrogens (tertiary/aromatic N) is 1. The zero-order valence-corrected chi connectivity index (χ0v) is 12.5. The first kappa shape index (κ1) is 13.9. The SMILES string of the molecule is CC=C1[C@@H]2C=C(C)C[C@@]1(C(=O)O)c1ccc(OC)nc1C2. The third-order valence-electron chi connectivity index (χ3n) is 4.63. The van der Waals surface area contributed by atoms with Gasteiger partial charge in [0.25, 0.3) is 0 Å². The van der Waals surface area contributed by atoms with E-state index in [1.807, 2.05) is 26.0 Å². The predicted molar refractivity (Wildman–Crippen MR) is 79.4 cm³/mol. The zero-order valence-electron chi connectivity index (χ0n) is 12.5. The lowest BCUT2D eigenvalue weighted by Crippen LogP contribution is -2.46. The molecule has 2 atom stereocenters. The van der Waals surface area contributed by atoms with Crippen LogP contribution in [-0.2, 0) is 16.6 Å². The van der Waals surface area contributed by atoms with E-state index in [4.69, 9.17) is 4.74 Å². The predicted octanol–water partition coefficient (Wildman–Crippen LogP) is 2.88. The lowest BCUT2D eigenvalue weighted by atomic mass is 9.58. The third kappa shape index (κ3) is 1.82. The van der Waals surface area contributed by atoms with Gasteiger partial charge in [0.1, 0.15) is 5.41 Å². The molecule has 3 rings (SSSR count). The summed E-state index contributed by atoms with van der Waals surface area (Å²) in [5.41, 5.74) is 2.81. The lowest BCUT2D eigenvalue weighted by molar-refractivity contribution is -0.142. The molecule has 2 aliphatic carbocycles. The van der Waals surface area contributed by atoms with Crippen LogP contribution in [0.1, 0.15) is 31.5 Å². The molecule has 2 aliphatic rings. The normalized spacial score (nSPS) is 28.8. The molecule has 2 bridgehead atoms. The second-order valence-electron chi connectivity index (χ2n) is 5.80. The largest absolute Gasteiger partial charge is 0.481 e. The van der Waals surface area contributed by atoms with Crippen LogP contribution in [0.3, 0.4) is 0 Å². The van der Waals surface area contributed by atoms with Gasteiger partial charge < -0.3 is 9.84 Å². The quantitative estimate of drug-likeness (QED) is 0.849. The Morgan fingerprint density at radius 3 is 2.90 bits per heavy atom. The van der Waals surface area contributed by atoms with Gasteiger partial charge in [-0.2, -0.15) is 0 Å². The van der Waals surface area contributed by atoms with Crippen molar-refractivity contribution in [3.05, 3.63) is 46.7 Å². The smallest absolute Gasteiger partial charge is 0.318 e. The second-order valence-corrected chi connectivity index (χ2v) is 5.80. The van der Waals surface area contributed by atoms with E-state index in [0.29, 0.717) is 12.3 Å². The molecule has 110 valence electrons. The Balaban J connectivity index is 2.30. The topological polar surface area (TPSA) is 59.4 Å². The van der Waals surface area contributed by atoms with Crippen molar-refractivity contribution in [2.24, 2.45) is 5.92 Å². The maximum atomic E-state index is 12.2. The Bertz CT molecular complexity index is 675. The van der Waals surface area contributed by atoms with E-state index in [0.717, 1.165) is 28.8 Å². The molecule has 0 spiro atoms. The van der Waals surface area contributed by atoms with Crippen molar-refractivity contribution in [2.45, 2.75) is 32.1 Å². The van der Waals surface area contributed by atoms with Crippen LogP contribution in [0, 0.1) is 5.92 Å². The molecule has 21 heavy (non-hydrogen) atoms. The average molecular weight is 285 g/mol. The summed E-state index contributed by atoms with van der Waals surface area (Å²) < 4.78 is 5.18. The Morgan fingerprint density at radius 2 is 2.29 bits per heavy atom. The first-order valence-corrected chi connectivity index (χ1v) is 7.14. The van der Waals surface area contributed by atoms with Gasteiger partial charge in [-0.25, -0.2) is 4.98 Å². The first-order chi connectivity index (χ1) is 10.0. The number of aliphatic carboxylic acids is 1. The molecule has 4 heteroatoms. The highest BCUT2D eigenvalue weighted by molar-refractivity contribution is 5.88. The number of carboxylic acids is 1. The number of hydrogen-bond acceptors (Lipinski definition) is 3. The molecule has 1 aromatic rings. The minimum Gasteiger partial charge on any atom is -0.481 e. The zero-order chi connectivity index (χ0) is 15.2. The van der Waals surface area contributed by atoms with Gasteiger partial charge in [0.05, 0.1) is 12.8 Å². The summed E-state index contributed by atoms with van der Waals surface area (Å²) in [5.74, 6) is -0.134. The van der Waals surface area contributed by atoms with Crippen molar-refractivity contribution < 1.29 is 14.6 Å². The molecule has 0 radical (unpaired) electrons. The number of pyridine rings is 1. The Morgan fingerprint density at radius 1 is 1.52 bits per heavy atom. The molecular weight excluding hydrogens is 266 g/mol. The molecule has 0 saturated heterocycles. The number of aromatic nitrogens is 1. The lowest BCUT2D eigenvalue weighted by Gasteiger charge is -2.44. The summed E-state index contributed by atoms with van der Waals surface area (Å²) in [5, 5.41) is 10.0. The number of rotatable bonds is 2. The molecule has 1 N–H and O–H groups in total. The van der Waals surface area contributed by atoms with Crippen molar-refractivity contribution in [1.29, 1.82) is 0 Å². The summed E-state index contributed by atoms with van der Waals surface area (Å²) in [6.07, 6.45) is 5.40. The maximum absolute atomic E-state index is 12.2. The van der Waals surface area contributed by atoms with E-state index >= 15 is 0 Å². The fourth-order valence-corrected chi connectivity index (χ4v) is 3.87. The second kappa shape index (κ2) is 4.72. The monoisotopic (exact) mass is 285 g/mol. The van der Waals surface area contributed by atoms with Crippen LogP contribution in [0.25, 0.3) is 0 Å². The standard InChI is InChI=1S/C17H19NO3/c1-4-12-11-7-10(2)9-17(12,16(19)20)13-5-6-15(21-3)18-14(13)8-11/h4-7,11H,8-9H2,1-3H3,(H,19,20)/t11-,17+/m1/s1. The number of carbonyl (C=O) groups is 1. The number of carboxylic acid groups (broad SMARTS) is 1. The highest BCUT2D eigenvalue weighted by atomic mass is 16.5. The number of methoxy groups -OCH3 is 1. The summed E-state index contributed by atoms with van der Waals surface area (Å²) in [6.45, 7) is 3.94. The van der Waals surface area contributed by atoms with Crippen LogP contribution in [0.5, 0.6) is 5.88 Å². The van der Waals surface area contributed by atoms with Gasteiger partial charge in [-0.05, 0) is 31.4 Å². The van der Waals surface area contributed by atoms with Gasteiger partial charge in [0.2, 0.25) is 5.88 Å². The van der Waals surface area contributed by atoms with Crippen molar-refractivity contribution in [1.82, 2.24) is 4.98 Å². The number of ether oxygens (including phenoxy) is 1. The molecular formula is C17H19NO3. The first-order valence-electron chi connectivity index (χ1n) is 7.14. The third-order valence-corrected chi connectivity index (χ3v) is 4.63. The summed E-state index contributed by atoms with van der Waals surface area (Å²) in [6, 6.07) is 3.62. The van der Waals surface area contributed by atoms with E-state index in [-0.39, 0.29) is 5.92 Å². The van der Waals surface area contributed by atoms with Crippen LogP contribution in [0.15, 0.2) is 35.4 Å². The highest BCUT2D eigenvalue weighted by Gasteiger charge is 2.52. The molecule has 0 saturated carbocycles. The maximum Gasteiger partial charge on any atom is 0.318 e. The number of hydrogen-bond donors (Lipinski definition) is 1. The van der Waals surface area contributed by atoms with E-state index in [1.165, 1.54) is 0 Å². The number of fused-ring (bicyclic) bond motifs is 4. The molecule has 0 aliphatic heterocycles. The summed E-state index contributed by atoms with van der Waals surface area (Å²) >= 11 is 0. The van der Waals surface area contributed by atoms with Crippen LogP contribution < -0.4 is 4.74 Å². The van der Waals surface area contributed by atoms with Gasteiger partial charge in [-0.15, -0.1) is 0 Å². The minimum absolute atomic E-state index is 0.118.